The van der Waals surface area contributed by atoms with E-state index in [1.54, 1.807) is 39.0 Å². The van der Waals surface area contributed by atoms with E-state index >= 15 is 4.39 Å². The van der Waals surface area contributed by atoms with Crippen molar-refractivity contribution in [3.05, 3.63) is 76.5 Å². The number of carbonyl (C=O) groups is 1. The fourth-order valence-corrected chi connectivity index (χ4v) is 5.30. The number of benzene rings is 2. The third-order valence-electron chi connectivity index (χ3n) is 7.98. The molecule has 1 saturated heterocycles. The molecule has 0 aliphatic carbocycles. The Bertz CT molecular complexity index is 1520. The van der Waals surface area contributed by atoms with Gasteiger partial charge in [0, 0.05) is 54.9 Å². The van der Waals surface area contributed by atoms with Crippen LogP contribution in [0.2, 0.25) is 0 Å². The lowest BCUT2D eigenvalue weighted by Gasteiger charge is -2.37. The minimum absolute atomic E-state index is 0.129. The number of halogens is 4. The molecule has 0 atom stereocenters. The van der Waals surface area contributed by atoms with Crippen molar-refractivity contribution in [3.63, 3.8) is 0 Å². The Morgan fingerprint density at radius 1 is 1.10 bits per heavy atom. The maximum absolute atomic E-state index is 15.2. The van der Waals surface area contributed by atoms with Crippen LogP contribution in [0.3, 0.4) is 0 Å². The number of aryl methyl sites for hydroxylation is 2. The van der Waals surface area contributed by atoms with Crippen molar-refractivity contribution in [1.29, 1.82) is 0 Å². The highest BCUT2D eigenvalue weighted by Crippen LogP contribution is 2.39. The molecule has 0 bridgehead atoms. The summed E-state index contributed by atoms with van der Waals surface area (Å²) >= 11 is 0. The molecule has 3 N–H and O–H groups in total. The molecule has 3 heterocycles. The minimum Gasteiger partial charge on any atom is -0.369 e. The number of rotatable bonds is 6. The molecular formula is C29H34F4N8O. The molecule has 2 aliphatic rings. The van der Waals surface area contributed by atoms with Crippen LogP contribution in [-0.4, -0.2) is 53.8 Å². The van der Waals surface area contributed by atoms with Crippen molar-refractivity contribution in [2.45, 2.75) is 38.9 Å². The second-order valence-electron chi connectivity index (χ2n) is 10.9. The van der Waals surface area contributed by atoms with Crippen LogP contribution in [0.25, 0.3) is 5.70 Å². The topological polar surface area (TPSA) is 80.7 Å². The van der Waals surface area contributed by atoms with Crippen molar-refractivity contribution in [2.75, 3.05) is 42.4 Å². The van der Waals surface area contributed by atoms with Crippen molar-refractivity contribution < 1.29 is 22.4 Å². The van der Waals surface area contributed by atoms with Crippen LogP contribution < -0.4 is 26.2 Å². The van der Waals surface area contributed by atoms with Gasteiger partial charge in [-0.05, 0) is 70.6 Å². The number of piperidine rings is 1. The molecule has 0 spiro atoms. The number of aromatic nitrogens is 2. The van der Waals surface area contributed by atoms with E-state index in [9.17, 15) is 18.0 Å². The van der Waals surface area contributed by atoms with Gasteiger partial charge >= 0.3 is 6.18 Å². The number of amides is 1. The van der Waals surface area contributed by atoms with Gasteiger partial charge in [-0.25, -0.2) is 4.39 Å². The number of anilines is 3. The van der Waals surface area contributed by atoms with E-state index in [1.165, 1.54) is 6.07 Å². The Balaban J connectivity index is 1.40. The molecule has 1 amide bonds. The number of alkyl halides is 3. The minimum atomic E-state index is -4.93. The second-order valence-corrected chi connectivity index (χ2v) is 10.9. The quantitative estimate of drug-likeness (QED) is 0.358. The molecular weight excluding hydrogens is 552 g/mol. The predicted molar refractivity (Wildman–Crippen MR) is 154 cm³/mol. The fraction of sp³-hybridized carbons (Fsp3) is 0.379. The van der Waals surface area contributed by atoms with Crippen LogP contribution in [0.5, 0.6) is 0 Å². The predicted octanol–water partition coefficient (Wildman–Crippen LogP) is 4.81. The highest BCUT2D eigenvalue weighted by Gasteiger charge is 2.37. The SMILES string of the molecule is Cc1ccc(C(=O)Nc2cc(N3CCC(N(C)C)CC3)c(F)c(C(F)(F)F)c2)cc1N1C=C(c2cnn(C)c2C)NN1. The summed E-state index contributed by atoms with van der Waals surface area (Å²) in [7, 11) is 5.74. The van der Waals surface area contributed by atoms with Crippen molar-refractivity contribution in [2.24, 2.45) is 7.05 Å². The lowest BCUT2D eigenvalue weighted by molar-refractivity contribution is -0.139. The van der Waals surface area contributed by atoms with E-state index in [1.807, 2.05) is 41.2 Å². The number of hydrazine groups is 2. The summed E-state index contributed by atoms with van der Waals surface area (Å²) in [5.41, 5.74) is 8.81. The van der Waals surface area contributed by atoms with Crippen LogP contribution in [0, 0.1) is 19.7 Å². The Kier molecular flexibility index (Phi) is 7.90. The Hall–Kier alpha value is -4.10. The summed E-state index contributed by atoms with van der Waals surface area (Å²) < 4.78 is 58.5. The van der Waals surface area contributed by atoms with Crippen molar-refractivity contribution in [3.8, 4) is 0 Å². The Morgan fingerprint density at radius 2 is 1.81 bits per heavy atom. The summed E-state index contributed by atoms with van der Waals surface area (Å²) in [4.78, 5) is 17.0. The largest absolute Gasteiger partial charge is 0.419 e. The lowest BCUT2D eigenvalue weighted by atomic mass is 10.0. The van der Waals surface area contributed by atoms with E-state index in [0.29, 0.717) is 37.7 Å². The molecule has 224 valence electrons. The monoisotopic (exact) mass is 586 g/mol. The number of nitrogens with one attached hydrogen (secondary N) is 3. The number of carbonyl (C=O) groups excluding carboxylic acids is 1. The zero-order valence-corrected chi connectivity index (χ0v) is 24.1. The molecule has 0 unspecified atom stereocenters. The zero-order valence-electron chi connectivity index (χ0n) is 24.1. The number of hydrogen-bond acceptors (Lipinski definition) is 7. The lowest BCUT2D eigenvalue weighted by Crippen LogP contribution is -2.42. The molecule has 1 aromatic heterocycles. The van der Waals surface area contributed by atoms with E-state index in [4.69, 9.17) is 0 Å². The van der Waals surface area contributed by atoms with E-state index in [-0.39, 0.29) is 23.0 Å². The van der Waals surface area contributed by atoms with Crippen LogP contribution >= 0.6 is 0 Å². The first kappa shape index (κ1) is 29.4. The molecule has 0 radical (unpaired) electrons. The van der Waals surface area contributed by atoms with Crippen LogP contribution in [-0.2, 0) is 13.2 Å². The first-order valence-electron chi connectivity index (χ1n) is 13.6. The smallest absolute Gasteiger partial charge is 0.369 e. The summed E-state index contributed by atoms with van der Waals surface area (Å²) in [5.74, 6) is -1.95. The first-order chi connectivity index (χ1) is 19.8. The first-order valence-corrected chi connectivity index (χ1v) is 13.6. The molecule has 42 heavy (non-hydrogen) atoms. The zero-order chi connectivity index (χ0) is 30.3. The van der Waals surface area contributed by atoms with Gasteiger partial charge < -0.3 is 20.5 Å². The van der Waals surface area contributed by atoms with Crippen molar-refractivity contribution in [1.82, 2.24) is 25.6 Å². The average Bonchev–Trinajstić information content (AvgIpc) is 3.55. The van der Waals surface area contributed by atoms with Gasteiger partial charge in [0.2, 0.25) is 0 Å². The molecule has 5 rings (SSSR count). The van der Waals surface area contributed by atoms with E-state index in [2.05, 4.69) is 26.3 Å². The summed E-state index contributed by atoms with van der Waals surface area (Å²) in [5, 5.41) is 8.54. The third-order valence-corrected chi connectivity index (χ3v) is 7.98. The highest BCUT2D eigenvalue weighted by atomic mass is 19.4. The molecule has 1 fully saturated rings. The molecule has 2 aliphatic heterocycles. The van der Waals surface area contributed by atoms with Gasteiger partial charge in [-0.3, -0.25) is 14.5 Å². The highest BCUT2D eigenvalue weighted by molar-refractivity contribution is 6.05. The molecule has 0 saturated carbocycles. The molecule has 3 aromatic rings. The fourth-order valence-electron chi connectivity index (χ4n) is 5.30. The van der Waals surface area contributed by atoms with Gasteiger partial charge in [0.15, 0.2) is 5.82 Å². The molecule has 2 aromatic carbocycles. The van der Waals surface area contributed by atoms with Crippen molar-refractivity contribution >= 4 is 28.7 Å². The maximum atomic E-state index is 15.2. The molecule has 13 heteroatoms. The van der Waals surface area contributed by atoms with Gasteiger partial charge in [0.1, 0.15) is 0 Å². The summed E-state index contributed by atoms with van der Waals surface area (Å²) in [6.07, 6.45) is 0.0184. The maximum Gasteiger partial charge on any atom is 0.419 e. The van der Waals surface area contributed by atoms with Gasteiger partial charge in [-0.15, -0.1) is 5.53 Å². The second kappa shape index (κ2) is 11.3. The Morgan fingerprint density at radius 3 is 2.43 bits per heavy atom. The summed E-state index contributed by atoms with van der Waals surface area (Å²) in [6, 6.07) is 7.18. The standard InChI is InChI=1S/C29H34F4N8O/c1-17-6-7-19(12-25(17)41-16-24(36-37-41)22-15-34-39(5)18(22)2)28(42)35-20-13-23(29(31,32)33)27(30)26(14-20)40-10-8-21(9-11-40)38(3)4/h6-7,12-16,21,36-37H,8-11H2,1-5H3,(H,35,42). The van der Waals surface area contributed by atoms with Gasteiger partial charge in [0.05, 0.1) is 28.8 Å². The van der Waals surface area contributed by atoms with Crippen LogP contribution in [0.15, 0.2) is 42.7 Å². The van der Waals surface area contributed by atoms with Gasteiger partial charge in [-0.1, -0.05) is 6.07 Å². The number of hydrogen-bond donors (Lipinski definition) is 3. The van der Waals surface area contributed by atoms with Crippen LogP contribution in [0.4, 0.5) is 34.6 Å². The summed E-state index contributed by atoms with van der Waals surface area (Å²) in [6.45, 7) is 4.63. The average molecular weight is 587 g/mol. The van der Waals surface area contributed by atoms with E-state index in [0.717, 1.165) is 22.5 Å². The third kappa shape index (κ3) is 5.79. The van der Waals surface area contributed by atoms with Gasteiger partial charge in [0.25, 0.3) is 5.91 Å². The molecule has 9 nitrogen and oxygen atoms in total. The number of nitrogens with zero attached hydrogens (tertiary/aromatic N) is 5. The van der Waals surface area contributed by atoms with Gasteiger partial charge in [-0.2, -0.15) is 18.3 Å². The van der Waals surface area contributed by atoms with E-state index < -0.39 is 23.5 Å². The normalized spacial score (nSPS) is 16.2. The van der Waals surface area contributed by atoms with Crippen LogP contribution in [0.1, 0.15) is 45.6 Å². The Labute approximate surface area is 241 Å².